The zero-order valence-electron chi connectivity index (χ0n) is 17.7. The summed E-state index contributed by atoms with van der Waals surface area (Å²) >= 11 is 6.32. The number of amides is 1. The van der Waals surface area contributed by atoms with Crippen molar-refractivity contribution < 1.29 is 4.79 Å². The van der Waals surface area contributed by atoms with E-state index in [1.807, 2.05) is 36.4 Å². The molecule has 0 bridgehead atoms. The molecule has 4 aromatic rings. The van der Waals surface area contributed by atoms with Crippen molar-refractivity contribution in [1.29, 1.82) is 0 Å². The number of fused-ring (bicyclic) bond motifs is 3. The van der Waals surface area contributed by atoms with Gasteiger partial charge < -0.3 is 5.32 Å². The first kappa shape index (κ1) is 22.3. The number of benzene rings is 1. The molecule has 0 unspecified atom stereocenters. The van der Waals surface area contributed by atoms with Crippen LogP contribution >= 0.6 is 39.0 Å². The predicted octanol–water partition coefficient (Wildman–Crippen LogP) is 5.27. The molecule has 0 spiro atoms. The largest absolute Gasteiger partial charge is 0.325 e. The highest BCUT2D eigenvalue weighted by molar-refractivity contribution is 9.10. The minimum atomic E-state index is -0.141. The van der Waals surface area contributed by atoms with Gasteiger partial charge in [0.2, 0.25) is 5.91 Å². The van der Waals surface area contributed by atoms with E-state index in [4.69, 9.17) is 4.98 Å². The fourth-order valence-corrected chi connectivity index (χ4v) is 6.37. The summed E-state index contributed by atoms with van der Waals surface area (Å²) in [6, 6.07) is 11.2. The Balaban J connectivity index is 1.46. The van der Waals surface area contributed by atoms with E-state index in [2.05, 4.69) is 26.2 Å². The van der Waals surface area contributed by atoms with Crippen LogP contribution in [-0.2, 0) is 24.2 Å². The number of nitrogens with one attached hydrogen (secondary N) is 1. The fraction of sp³-hybridized carbons (Fsp3) is 0.250. The van der Waals surface area contributed by atoms with Gasteiger partial charge in [-0.15, -0.1) is 11.3 Å². The maximum Gasteiger partial charge on any atom is 0.263 e. The lowest BCUT2D eigenvalue weighted by atomic mass is 9.97. The van der Waals surface area contributed by atoms with E-state index in [0.717, 1.165) is 51.6 Å². The maximum atomic E-state index is 13.6. The highest BCUT2D eigenvalue weighted by atomic mass is 79.9. The molecule has 168 valence electrons. The molecule has 0 radical (unpaired) electrons. The van der Waals surface area contributed by atoms with Gasteiger partial charge in [-0.1, -0.05) is 27.7 Å². The number of anilines is 1. The highest BCUT2D eigenvalue weighted by Crippen LogP contribution is 2.34. The number of aromatic nitrogens is 3. The normalized spacial score (nSPS) is 13.1. The van der Waals surface area contributed by atoms with Gasteiger partial charge in [-0.05, 0) is 73.2 Å². The van der Waals surface area contributed by atoms with Crippen LogP contribution in [0.2, 0.25) is 0 Å². The van der Waals surface area contributed by atoms with Crippen molar-refractivity contribution in [3.8, 4) is 0 Å². The molecule has 0 saturated heterocycles. The third kappa shape index (κ3) is 4.90. The van der Waals surface area contributed by atoms with Crippen molar-refractivity contribution in [3.05, 3.63) is 79.6 Å². The molecule has 5 rings (SSSR count). The van der Waals surface area contributed by atoms with Gasteiger partial charge in [-0.3, -0.25) is 19.1 Å². The number of carbonyl (C=O) groups is 1. The van der Waals surface area contributed by atoms with Crippen molar-refractivity contribution in [2.75, 3.05) is 11.1 Å². The van der Waals surface area contributed by atoms with Crippen LogP contribution in [0.4, 0.5) is 5.69 Å². The maximum absolute atomic E-state index is 13.6. The Labute approximate surface area is 207 Å². The van der Waals surface area contributed by atoms with Gasteiger partial charge in [0, 0.05) is 27.4 Å². The molecule has 0 fully saturated rings. The summed E-state index contributed by atoms with van der Waals surface area (Å²) in [7, 11) is 0. The summed E-state index contributed by atoms with van der Waals surface area (Å²) in [5.41, 5.74) is 2.85. The third-order valence-corrected chi connectivity index (χ3v) is 8.28. The number of nitrogens with zero attached hydrogens (tertiary/aromatic N) is 3. The van der Waals surface area contributed by atoms with Gasteiger partial charge in [0.1, 0.15) is 4.83 Å². The summed E-state index contributed by atoms with van der Waals surface area (Å²) in [5, 5.41) is 4.22. The molecule has 6 nitrogen and oxygen atoms in total. The van der Waals surface area contributed by atoms with E-state index in [1.165, 1.54) is 22.2 Å². The van der Waals surface area contributed by atoms with Crippen LogP contribution < -0.4 is 10.9 Å². The molecule has 33 heavy (non-hydrogen) atoms. The smallest absolute Gasteiger partial charge is 0.263 e. The van der Waals surface area contributed by atoms with Crippen LogP contribution in [0.25, 0.3) is 10.2 Å². The number of pyridine rings is 1. The molecule has 3 aromatic heterocycles. The van der Waals surface area contributed by atoms with Crippen molar-refractivity contribution >= 4 is 60.8 Å². The van der Waals surface area contributed by atoms with E-state index < -0.39 is 0 Å². The Morgan fingerprint density at radius 1 is 1.12 bits per heavy atom. The van der Waals surface area contributed by atoms with Crippen molar-refractivity contribution in [1.82, 2.24) is 14.5 Å². The molecule has 1 aliphatic carbocycles. The molecule has 9 heteroatoms. The molecule has 0 saturated carbocycles. The average molecular weight is 541 g/mol. The van der Waals surface area contributed by atoms with E-state index >= 15 is 0 Å². The minimum absolute atomic E-state index is 0.0213. The first-order valence-electron chi connectivity index (χ1n) is 10.7. The lowest BCUT2D eigenvalue weighted by Crippen LogP contribution is -2.25. The molecule has 0 aliphatic heterocycles. The zero-order chi connectivity index (χ0) is 22.8. The molecule has 1 N–H and O–H groups in total. The SMILES string of the molecule is O=C(CSc1nc2sc3c(c2c(=O)n1Cc1ccncc1)CCCC3)Nc1ccc(Br)cc1. The number of hydrogen-bond donors (Lipinski definition) is 1. The number of aryl methyl sites for hydroxylation is 2. The average Bonchev–Trinajstić information content (AvgIpc) is 3.20. The van der Waals surface area contributed by atoms with Gasteiger partial charge in [0.15, 0.2) is 5.16 Å². The number of thioether (sulfide) groups is 1. The Kier molecular flexibility index (Phi) is 6.62. The summed E-state index contributed by atoms with van der Waals surface area (Å²) in [6.45, 7) is 0.394. The third-order valence-electron chi connectivity index (χ3n) is 5.59. The molecule has 1 amide bonds. The number of carbonyl (C=O) groups excluding carboxylic acids is 1. The van der Waals surface area contributed by atoms with E-state index in [-0.39, 0.29) is 17.2 Å². The highest BCUT2D eigenvalue weighted by Gasteiger charge is 2.22. The number of rotatable bonds is 6. The summed E-state index contributed by atoms with van der Waals surface area (Å²) < 4.78 is 2.66. The number of thiophene rings is 1. The van der Waals surface area contributed by atoms with Crippen molar-refractivity contribution in [2.24, 2.45) is 0 Å². The Morgan fingerprint density at radius 2 is 1.88 bits per heavy atom. The lowest BCUT2D eigenvalue weighted by Gasteiger charge is -2.13. The van der Waals surface area contributed by atoms with Crippen LogP contribution in [-0.4, -0.2) is 26.2 Å². The second-order valence-corrected chi connectivity index (χ2v) is 10.8. The zero-order valence-corrected chi connectivity index (χ0v) is 20.9. The Morgan fingerprint density at radius 3 is 2.67 bits per heavy atom. The summed E-state index contributed by atoms with van der Waals surface area (Å²) in [5.74, 6) is 0.0210. The van der Waals surface area contributed by atoms with Crippen LogP contribution in [0.1, 0.15) is 28.8 Å². The molecule has 1 aliphatic rings. The molecular formula is C24H21BrN4O2S2. The fourth-order valence-electron chi connectivity index (χ4n) is 4.00. The van der Waals surface area contributed by atoms with E-state index in [0.29, 0.717) is 11.7 Å². The first-order chi connectivity index (χ1) is 16.1. The lowest BCUT2D eigenvalue weighted by molar-refractivity contribution is -0.113. The quantitative estimate of drug-likeness (QED) is 0.266. The van der Waals surface area contributed by atoms with E-state index in [1.54, 1.807) is 28.3 Å². The van der Waals surface area contributed by atoms with Crippen LogP contribution in [0.5, 0.6) is 0 Å². The van der Waals surface area contributed by atoms with Gasteiger partial charge in [0.05, 0.1) is 17.7 Å². The Hall–Kier alpha value is -2.49. The molecule has 3 heterocycles. The van der Waals surface area contributed by atoms with E-state index in [9.17, 15) is 9.59 Å². The molecule has 0 atom stereocenters. The van der Waals surface area contributed by atoms with Gasteiger partial charge in [-0.2, -0.15) is 0 Å². The minimum Gasteiger partial charge on any atom is -0.325 e. The van der Waals surface area contributed by atoms with Gasteiger partial charge in [-0.25, -0.2) is 4.98 Å². The molecular weight excluding hydrogens is 520 g/mol. The van der Waals surface area contributed by atoms with Crippen LogP contribution in [0, 0.1) is 0 Å². The van der Waals surface area contributed by atoms with Crippen molar-refractivity contribution in [2.45, 2.75) is 37.4 Å². The second-order valence-electron chi connectivity index (χ2n) is 7.88. The van der Waals surface area contributed by atoms with Crippen molar-refractivity contribution in [3.63, 3.8) is 0 Å². The monoisotopic (exact) mass is 540 g/mol. The van der Waals surface area contributed by atoms with Crippen LogP contribution in [0.3, 0.4) is 0 Å². The number of hydrogen-bond acceptors (Lipinski definition) is 6. The topological polar surface area (TPSA) is 76.9 Å². The summed E-state index contributed by atoms with van der Waals surface area (Å²) in [4.78, 5) is 37.2. The standard InChI is InChI=1S/C24H21BrN4O2S2/c25-16-5-7-17(8-6-16)27-20(30)14-32-24-28-22-21(18-3-1-2-4-19(18)33-22)23(31)29(24)13-15-9-11-26-12-10-15/h5-12H,1-4,13-14H2,(H,27,30). The summed E-state index contributed by atoms with van der Waals surface area (Å²) in [6.07, 6.45) is 7.65. The van der Waals surface area contributed by atoms with Gasteiger partial charge >= 0.3 is 0 Å². The second kappa shape index (κ2) is 9.79. The molecule has 1 aromatic carbocycles. The Bertz CT molecular complexity index is 1370. The predicted molar refractivity (Wildman–Crippen MR) is 137 cm³/mol. The number of halogens is 1. The van der Waals surface area contributed by atoms with Gasteiger partial charge in [0.25, 0.3) is 5.56 Å². The first-order valence-corrected chi connectivity index (χ1v) is 13.3. The van der Waals surface area contributed by atoms with Crippen LogP contribution in [0.15, 0.2) is 63.2 Å².